The van der Waals surface area contributed by atoms with Crippen molar-refractivity contribution in [2.75, 3.05) is 0 Å². The largest absolute Gasteiger partial charge is 0.308 e. The standard InChI is InChI=1S/C14H24N2S/c1-4-12-5-7-13(8-6-12)15-9-14-16-10(2)11(3)17-14/h12-13,15H,4-9H2,1-3H3. The van der Waals surface area contributed by atoms with E-state index < -0.39 is 0 Å². The van der Waals surface area contributed by atoms with E-state index >= 15 is 0 Å². The van der Waals surface area contributed by atoms with E-state index in [4.69, 9.17) is 0 Å². The zero-order chi connectivity index (χ0) is 12.3. The van der Waals surface area contributed by atoms with Crippen molar-refractivity contribution in [3.05, 3.63) is 15.6 Å². The Hall–Kier alpha value is -0.410. The second kappa shape index (κ2) is 5.96. The summed E-state index contributed by atoms with van der Waals surface area (Å²) in [6.07, 6.45) is 6.87. The Morgan fingerprint density at radius 1 is 1.24 bits per heavy atom. The molecule has 1 aliphatic rings. The van der Waals surface area contributed by atoms with E-state index in [9.17, 15) is 0 Å². The van der Waals surface area contributed by atoms with E-state index in [1.165, 1.54) is 47.7 Å². The fraction of sp³-hybridized carbons (Fsp3) is 0.786. The number of hydrogen-bond acceptors (Lipinski definition) is 3. The van der Waals surface area contributed by atoms with Gasteiger partial charge in [0.2, 0.25) is 0 Å². The van der Waals surface area contributed by atoms with Gasteiger partial charge in [0.05, 0.1) is 5.69 Å². The number of hydrogen-bond donors (Lipinski definition) is 1. The fourth-order valence-corrected chi connectivity index (χ4v) is 3.51. The summed E-state index contributed by atoms with van der Waals surface area (Å²) < 4.78 is 0. The summed E-state index contributed by atoms with van der Waals surface area (Å²) in [5.41, 5.74) is 1.20. The average Bonchev–Trinajstić information content (AvgIpc) is 2.67. The first-order valence-electron chi connectivity index (χ1n) is 6.85. The molecule has 3 heteroatoms. The first kappa shape index (κ1) is 13.0. The molecule has 0 saturated heterocycles. The molecule has 1 aromatic rings. The third-order valence-corrected chi connectivity index (χ3v) is 5.11. The van der Waals surface area contributed by atoms with Crippen molar-refractivity contribution < 1.29 is 0 Å². The normalized spacial score (nSPS) is 25.1. The average molecular weight is 252 g/mol. The monoisotopic (exact) mass is 252 g/mol. The third-order valence-electron chi connectivity index (χ3n) is 4.04. The van der Waals surface area contributed by atoms with E-state index in [1.54, 1.807) is 0 Å². The molecule has 0 atom stereocenters. The SMILES string of the molecule is CCC1CCC(NCc2nc(C)c(C)s2)CC1. The molecule has 0 aromatic carbocycles. The predicted octanol–water partition coefficient (Wildman–Crippen LogP) is 3.82. The van der Waals surface area contributed by atoms with Gasteiger partial charge in [-0.05, 0) is 45.4 Å². The van der Waals surface area contributed by atoms with Crippen molar-refractivity contribution in [1.29, 1.82) is 0 Å². The van der Waals surface area contributed by atoms with Crippen LogP contribution >= 0.6 is 11.3 Å². The van der Waals surface area contributed by atoms with Crippen molar-refractivity contribution in [3.8, 4) is 0 Å². The summed E-state index contributed by atoms with van der Waals surface area (Å²) in [7, 11) is 0. The Bertz CT molecular complexity index is 332. The first-order chi connectivity index (χ1) is 8.19. The third kappa shape index (κ3) is 3.52. The van der Waals surface area contributed by atoms with Crippen LogP contribution < -0.4 is 5.32 Å². The molecule has 1 N–H and O–H groups in total. The lowest BCUT2D eigenvalue weighted by Gasteiger charge is -2.28. The summed E-state index contributed by atoms with van der Waals surface area (Å²) in [4.78, 5) is 5.94. The smallest absolute Gasteiger partial charge is 0.107 e. The Balaban J connectivity index is 1.75. The van der Waals surface area contributed by atoms with Crippen LogP contribution in [0.15, 0.2) is 0 Å². The fourth-order valence-electron chi connectivity index (χ4n) is 2.62. The highest BCUT2D eigenvalue weighted by atomic mass is 32.1. The van der Waals surface area contributed by atoms with Crippen molar-refractivity contribution in [3.63, 3.8) is 0 Å². The van der Waals surface area contributed by atoms with Gasteiger partial charge in [-0.25, -0.2) is 4.98 Å². The second-order valence-corrected chi connectivity index (χ2v) is 6.54. The van der Waals surface area contributed by atoms with E-state index in [0.717, 1.165) is 18.5 Å². The van der Waals surface area contributed by atoms with Crippen LogP contribution in [0.25, 0.3) is 0 Å². The van der Waals surface area contributed by atoms with Gasteiger partial charge in [-0.1, -0.05) is 13.3 Å². The molecule has 0 bridgehead atoms. The zero-order valence-electron chi connectivity index (χ0n) is 11.3. The molecule has 2 rings (SSSR count). The van der Waals surface area contributed by atoms with Crippen molar-refractivity contribution in [1.82, 2.24) is 10.3 Å². The Kier molecular flexibility index (Phi) is 4.57. The van der Waals surface area contributed by atoms with Gasteiger partial charge in [-0.2, -0.15) is 0 Å². The van der Waals surface area contributed by atoms with Crippen LogP contribution in [0.2, 0.25) is 0 Å². The summed E-state index contributed by atoms with van der Waals surface area (Å²) in [5, 5.41) is 4.92. The van der Waals surface area contributed by atoms with Crippen LogP contribution in [0.1, 0.15) is 54.6 Å². The quantitative estimate of drug-likeness (QED) is 0.881. The second-order valence-electron chi connectivity index (χ2n) is 5.26. The Morgan fingerprint density at radius 3 is 2.47 bits per heavy atom. The molecule has 0 amide bonds. The highest BCUT2D eigenvalue weighted by Crippen LogP contribution is 2.26. The van der Waals surface area contributed by atoms with Crippen LogP contribution in [-0.4, -0.2) is 11.0 Å². The highest BCUT2D eigenvalue weighted by molar-refractivity contribution is 7.11. The van der Waals surface area contributed by atoms with Gasteiger partial charge < -0.3 is 5.32 Å². The van der Waals surface area contributed by atoms with Crippen LogP contribution in [0.3, 0.4) is 0 Å². The highest BCUT2D eigenvalue weighted by Gasteiger charge is 2.19. The molecule has 0 unspecified atom stereocenters. The van der Waals surface area contributed by atoms with Gasteiger partial charge in [0.25, 0.3) is 0 Å². The Morgan fingerprint density at radius 2 is 1.94 bits per heavy atom. The first-order valence-corrected chi connectivity index (χ1v) is 7.67. The maximum absolute atomic E-state index is 4.58. The lowest BCUT2D eigenvalue weighted by Crippen LogP contribution is -2.32. The van der Waals surface area contributed by atoms with Crippen LogP contribution in [0, 0.1) is 19.8 Å². The van der Waals surface area contributed by atoms with Crippen LogP contribution in [0.4, 0.5) is 0 Å². The number of nitrogens with zero attached hydrogens (tertiary/aromatic N) is 1. The van der Waals surface area contributed by atoms with Gasteiger partial charge in [-0.3, -0.25) is 0 Å². The van der Waals surface area contributed by atoms with E-state index in [1.807, 2.05) is 11.3 Å². The van der Waals surface area contributed by atoms with Gasteiger partial charge in [-0.15, -0.1) is 11.3 Å². The number of aryl methyl sites for hydroxylation is 2. The predicted molar refractivity (Wildman–Crippen MR) is 74.5 cm³/mol. The molecule has 0 spiro atoms. The van der Waals surface area contributed by atoms with Gasteiger partial charge in [0.15, 0.2) is 0 Å². The molecule has 0 radical (unpaired) electrons. The molecule has 1 aliphatic carbocycles. The topological polar surface area (TPSA) is 24.9 Å². The van der Waals surface area contributed by atoms with Crippen molar-refractivity contribution in [2.45, 2.75) is 65.5 Å². The van der Waals surface area contributed by atoms with Crippen LogP contribution in [0.5, 0.6) is 0 Å². The Labute approximate surface area is 109 Å². The van der Waals surface area contributed by atoms with Gasteiger partial charge >= 0.3 is 0 Å². The molecule has 1 heterocycles. The molecule has 96 valence electrons. The zero-order valence-corrected chi connectivity index (χ0v) is 12.1. The van der Waals surface area contributed by atoms with Gasteiger partial charge in [0, 0.05) is 17.5 Å². The maximum Gasteiger partial charge on any atom is 0.107 e. The molecule has 2 nitrogen and oxygen atoms in total. The molecular weight excluding hydrogens is 228 g/mol. The molecule has 1 aromatic heterocycles. The van der Waals surface area contributed by atoms with Gasteiger partial charge in [0.1, 0.15) is 5.01 Å². The number of thiazole rings is 1. The molecule has 0 aliphatic heterocycles. The number of aromatic nitrogens is 1. The molecular formula is C14H24N2S. The van der Waals surface area contributed by atoms with E-state index in [2.05, 4.69) is 31.1 Å². The summed E-state index contributed by atoms with van der Waals surface area (Å²) >= 11 is 1.83. The molecule has 17 heavy (non-hydrogen) atoms. The molecule has 1 fully saturated rings. The van der Waals surface area contributed by atoms with E-state index in [0.29, 0.717) is 0 Å². The summed E-state index contributed by atoms with van der Waals surface area (Å²) in [5.74, 6) is 0.984. The van der Waals surface area contributed by atoms with Crippen LogP contribution in [-0.2, 0) is 6.54 Å². The maximum atomic E-state index is 4.58. The number of nitrogens with one attached hydrogen (secondary N) is 1. The number of rotatable bonds is 4. The minimum Gasteiger partial charge on any atom is -0.308 e. The summed E-state index contributed by atoms with van der Waals surface area (Å²) in [6, 6.07) is 0.724. The molecule has 1 saturated carbocycles. The lowest BCUT2D eigenvalue weighted by molar-refractivity contribution is 0.285. The van der Waals surface area contributed by atoms with Crippen molar-refractivity contribution >= 4 is 11.3 Å². The minimum atomic E-state index is 0.724. The van der Waals surface area contributed by atoms with E-state index in [-0.39, 0.29) is 0 Å². The lowest BCUT2D eigenvalue weighted by atomic mass is 9.84. The minimum absolute atomic E-state index is 0.724. The van der Waals surface area contributed by atoms with Crippen molar-refractivity contribution in [2.24, 2.45) is 5.92 Å². The summed E-state index contributed by atoms with van der Waals surface area (Å²) in [6.45, 7) is 7.53.